The Balaban J connectivity index is 1.81. The Morgan fingerprint density at radius 3 is 2.49 bits per heavy atom. The predicted octanol–water partition coefficient (Wildman–Crippen LogP) is 5.31. The first-order valence-electron chi connectivity index (χ1n) is 10.8. The van der Waals surface area contributed by atoms with Gasteiger partial charge in [-0.1, -0.05) is 50.2 Å². The number of nitrogens with two attached hydrogens (primary N) is 1. The van der Waals surface area contributed by atoms with Crippen molar-refractivity contribution in [2.45, 2.75) is 24.7 Å². The summed E-state index contributed by atoms with van der Waals surface area (Å²) in [6.45, 7) is 4.13. The topological polar surface area (TPSA) is 131 Å². The van der Waals surface area contributed by atoms with Crippen LogP contribution in [0.25, 0.3) is 11.3 Å². The molecule has 3 N–H and O–H groups in total. The summed E-state index contributed by atoms with van der Waals surface area (Å²) in [6.07, 6.45) is 0. The standard InChI is InChI=1S/C26H23N5O3S/c1-17(2)22-11-3-4-12-23(22)24-15-25(34-20-9-5-7-18(13-20)16-27)30-26(29-24)31-35(32,33)21-10-6-8-19(28)14-21/h3-15,17H,28H2,1-2H3,(H,29,30,31). The van der Waals surface area contributed by atoms with Crippen LogP contribution >= 0.6 is 0 Å². The molecule has 0 spiro atoms. The molecule has 0 aliphatic heterocycles. The molecule has 0 bridgehead atoms. The predicted molar refractivity (Wildman–Crippen MR) is 134 cm³/mol. The summed E-state index contributed by atoms with van der Waals surface area (Å²) in [5.74, 6) is 0.546. The number of benzene rings is 3. The van der Waals surface area contributed by atoms with Crippen LogP contribution in [0.15, 0.2) is 83.8 Å². The molecule has 0 aliphatic rings. The first-order chi connectivity index (χ1) is 16.7. The molecule has 0 saturated carbocycles. The molecule has 4 rings (SSSR count). The first kappa shape index (κ1) is 23.7. The SMILES string of the molecule is CC(C)c1ccccc1-c1cc(Oc2cccc(C#N)c2)nc(NS(=O)(=O)c2cccc(N)c2)n1. The highest BCUT2D eigenvalue weighted by Crippen LogP contribution is 2.32. The van der Waals surface area contributed by atoms with Crippen molar-refractivity contribution in [1.82, 2.24) is 9.97 Å². The molecule has 0 unspecified atom stereocenters. The summed E-state index contributed by atoms with van der Waals surface area (Å²) < 4.78 is 34.4. The van der Waals surface area contributed by atoms with Gasteiger partial charge in [0, 0.05) is 17.3 Å². The third-order valence-corrected chi connectivity index (χ3v) is 6.47. The Kier molecular flexibility index (Phi) is 6.66. The van der Waals surface area contributed by atoms with Gasteiger partial charge < -0.3 is 10.5 Å². The highest BCUT2D eigenvalue weighted by molar-refractivity contribution is 7.92. The van der Waals surface area contributed by atoms with Crippen LogP contribution in [0.2, 0.25) is 0 Å². The van der Waals surface area contributed by atoms with E-state index in [1.165, 1.54) is 12.1 Å². The number of hydrogen-bond acceptors (Lipinski definition) is 7. The van der Waals surface area contributed by atoms with Crippen LogP contribution in [0, 0.1) is 11.3 Å². The average molecular weight is 486 g/mol. The van der Waals surface area contributed by atoms with Crippen molar-refractivity contribution in [2.75, 3.05) is 10.5 Å². The number of hydrogen-bond donors (Lipinski definition) is 2. The molecular formula is C26H23N5O3S. The quantitative estimate of drug-likeness (QED) is 0.339. The van der Waals surface area contributed by atoms with Crippen molar-refractivity contribution in [3.8, 4) is 29.0 Å². The summed E-state index contributed by atoms with van der Waals surface area (Å²) in [7, 11) is -4.02. The van der Waals surface area contributed by atoms with Crippen LogP contribution in [0.4, 0.5) is 11.6 Å². The lowest BCUT2D eigenvalue weighted by Gasteiger charge is -2.15. The molecule has 1 heterocycles. The molecule has 0 fully saturated rings. The summed E-state index contributed by atoms with van der Waals surface area (Å²) in [5, 5.41) is 9.19. The first-order valence-corrected chi connectivity index (χ1v) is 12.3. The van der Waals surface area contributed by atoms with Gasteiger partial charge in [0.1, 0.15) is 5.75 Å². The molecule has 0 atom stereocenters. The normalized spacial score (nSPS) is 11.1. The van der Waals surface area contributed by atoms with E-state index in [1.54, 1.807) is 42.5 Å². The minimum Gasteiger partial charge on any atom is -0.439 e. The molecule has 0 aliphatic carbocycles. The van der Waals surface area contributed by atoms with E-state index < -0.39 is 10.0 Å². The fourth-order valence-electron chi connectivity index (χ4n) is 3.51. The van der Waals surface area contributed by atoms with Crippen molar-refractivity contribution in [3.05, 3.63) is 90.0 Å². The molecule has 4 aromatic rings. The third kappa shape index (κ3) is 5.57. The van der Waals surface area contributed by atoms with Gasteiger partial charge in [-0.2, -0.15) is 10.2 Å². The fourth-order valence-corrected chi connectivity index (χ4v) is 4.50. The van der Waals surface area contributed by atoms with Crippen molar-refractivity contribution >= 4 is 21.7 Å². The number of anilines is 2. The van der Waals surface area contributed by atoms with Gasteiger partial charge in [0.15, 0.2) is 0 Å². The van der Waals surface area contributed by atoms with Crippen molar-refractivity contribution in [3.63, 3.8) is 0 Å². The highest BCUT2D eigenvalue weighted by Gasteiger charge is 2.19. The number of sulfonamides is 1. The number of ether oxygens (including phenoxy) is 1. The molecular weight excluding hydrogens is 462 g/mol. The van der Waals surface area contributed by atoms with Crippen LogP contribution in [0.1, 0.15) is 30.9 Å². The molecule has 0 saturated heterocycles. The summed E-state index contributed by atoms with van der Waals surface area (Å²) in [6, 6.07) is 24.0. The molecule has 0 radical (unpaired) electrons. The second-order valence-corrected chi connectivity index (χ2v) is 9.76. The van der Waals surface area contributed by atoms with Crippen LogP contribution in [0.5, 0.6) is 11.6 Å². The van der Waals surface area contributed by atoms with Gasteiger partial charge in [0.25, 0.3) is 10.0 Å². The molecule has 9 heteroatoms. The van der Waals surface area contributed by atoms with Crippen LogP contribution in [-0.4, -0.2) is 18.4 Å². The van der Waals surface area contributed by atoms with Gasteiger partial charge in [-0.05, 0) is 47.9 Å². The minimum absolute atomic E-state index is 0.0155. The minimum atomic E-state index is -4.02. The molecule has 0 amide bonds. The Morgan fingerprint density at radius 2 is 1.74 bits per heavy atom. The molecule has 8 nitrogen and oxygen atoms in total. The van der Waals surface area contributed by atoms with E-state index in [-0.39, 0.29) is 22.6 Å². The van der Waals surface area contributed by atoms with E-state index in [1.807, 2.05) is 24.3 Å². The maximum Gasteiger partial charge on any atom is 0.264 e. The van der Waals surface area contributed by atoms with Gasteiger partial charge in [-0.25, -0.2) is 18.1 Å². The number of rotatable bonds is 7. The Bertz CT molecular complexity index is 1530. The van der Waals surface area contributed by atoms with E-state index in [4.69, 9.17) is 10.5 Å². The number of nitrogen functional groups attached to an aromatic ring is 1. The van der Waals surface area contributed by atoms with E-state index in [9.17, 15) is 13.7 Å². The maximum absolute atomic E-state index is 13.0. The van der Waals surface area contributed by atoms with E-state index in [2.05, 4.69) is 34.6 Å². The van der Waals surface area contributed by atoms with Gasteiger partial charge >= 0.3 is 0 Å². The van der Waals surface area contributed by atoms with E-state index in [0.717, 1.165) is 11.1 Å². The largest absolute Gasteiger partial charge is 0.439 e. The second-order valence-electron chi connectivity index (χ2n) is 8.08. The molecule has 176 valence electrons. The van der Waals surface area contributed by atoms with Crippen molar-refractivity contribution in [2.24, 2.45) is 0 Å². The zero-order valence-corrected chi connectivity index (χ0v) is 20.0. The third-order valence-electron chi connectivity index (χ3n) is 5.14. The van der Waals surface area contributed by atoms with Gasteiger partial charge in [0.2, 0.25) is 11.8 Å². The van der Waals surface area contributed by atoms with Gasteiger partial charge in [0.05, 0.1) is 22.2 Å². The number of aromatic nitrogens is 2. The smallest absolute Gasteiger partial charge is 0.264 e. The molecule has 1 aromatic heterocycles. The lowest BCUT2D eigenvalue weighted by Crippen LogP contribution is -2.16. The molecule has 35 heavy (non-hydrogen) atoms. The highest BCUT2D eigenvalue weighted by atomic mass is 32.2. The van der Waals surface area contributed by atoms with Crippen LogP contribution in [0.3, 0.4) is 0 Å². The Morgan fingerprint density at radius 1 is 0.971 bits per heavy atom. The zero-order valence-electron chi connectivity index (χ0n) is 19.1. The average Bonchev–Trinajstić information content (AvgIpc) is 2.83. The van der Waals surface area contributed by atoms with Crippen LogP contribution < -0.4 is 15.2 Å². The number of nitrogens with zero attached hydrogens (tertiary/aromatic N) is 3. The van der Waals surface area contributed by atoms with Crippen molar-refractivity contribution in [1.29, 1.82) is 5.26 Å². The molecule has 3 aromatic carbocycles. The van der Waals surface area contributed by atoms with Crippen LogP contribution in [-0.2, 0) is 10.0 Å². The summed E-state index contributed by atoms with van der Waals surface area (Å²) >= 11 is 0. The fraction of sp³-hybridized carbons (Fsp3) is 0.115. The zero-order chi connectivity index (χ0) is 25.0. The number of nitrogens with one attached hydrogen (secondary N) is 1. The Hall–Kier alpha value is -4.42. The second kappa shape index (κ2) is 9.83. The van der Waals surface area contributed by atoms with Gasteiger partial charge in [-0.3, -0.25) is 0 Å². The number of nitriles is 1. The van der Waals surface area contributed by atoms with E-state index >= 15 is 0 Å². The summed E-state index contributed by atoms with van der Waals surface area (Å²) in [5.41, 5.74) is 8.84. The Labute approximate surface area is 204 Å². The lowest BCUT2D eigenvalue weighted by atomic mass is 9.95. The monoisotopic (exact) mass is 485 g/mol. The van der Waals surface area contributed by atoms with Gasteiger partial charge in [-0.15, -0.1) is 0 Å². The van der Waals surface area contributed by atoms with Crippen molar-refractivity contribution < 1.29 is 13.2 Å². The lowest BCUT2D eigenvalue weighted by molar-refractivity contribution is 0.463. The van der Waals surface area contributed by atoms with E-state index in [0.29, 0.717) is 22.7 Å². The summed E-state index contributed by atoms with van der Waals surface area (Å²) in [4.78, 5) is 8.75. The maximum atomic E-state index is 13.0.